The summed E-state index contributed by atoms with van der Waals surface area (Å²) in [4.78, 5) is 26.7. The second-order valence-electron chi connectivity index (χ2n) is 4.77. The molecule has 5 nitrogen and oxygen atoms in total. The van der Waals surface area contributed by atoms with Crippen molar-refractivity contribution >= 4 is 28.3 Å². The molecule has 0 unspecified atom stereocenters. The molecule has 2 rings (SSSR count). The zero-order valence-electron chi connectivity index (χ0n) is 11.8. The summed E-state index contributed by atoms with van der Waals surface area (Å²) >= 11 is 0.991. The van der Waals surface area contributed by atoms with E-state index in [-0.39, 0.29) is 10.8 Å². The van der Waals surface area contributed by atoms with Gasteiger partial charge < -0.3 is 10.4 Å². The zero-order valence-corrected chi connectivity index (χ0v) is 12.7. The Labute approximate surface area is 126 Å². The van der Waals surface area contributed by atoms with Gasteiger partial charge in [0.2, 0.25) is 5.91 Å². The van der Waals surface area contributed by atoms with Crippen LogP contribution in [0, 0.1) is 6.92 Å². The molecule has 2 N–H and O–H groups in total. The molecule has 0 spiro atoms. The van der Waals surface area contributed by atoms with Gasteiger partial charge in [-0.1, -0.05) is 41.2 Å². The van der Waals surface area contributed by atoms with Gasteiger partial charge in [0.05, 0.1) is 5.69 Å². The van der Waals surface area contributed by atoms with Gasteiger partial charge in [-0.15, -0.1) is 0 Å². The van der Waals surface area contributed by atoms with Gasteiger partial charge in [0.25, 0.3) is 0 Å². The predicted octanol–water partition coefficient (Wildman–Crippen LogP) is 2.89. The minimum Gasteiger partial charge on any atom is -0.477 e. The minimum absolute atomic E-state index is 0.186. The third kappa shape index (κ3) is 4.13. The number of anilines is 1. The summed E-state index contributed by atoms with van der Waals surface area (Å²) in [5.41, 5.74) is 2.83. The van der Waals surface area contributed by atoms with Crippen LogP contribution >= 0.6 is 11.3 Å². The second-order valence-corrected chi connectivity index (χ2v) is 5.77. The first-order valence-corrected chi connectivity index (χ1v) is 7.33. The van der Waals surface area contributed by atoms with Gasteiger partial charge in [-0.3, -0.25) is 4.79 Å². The van der Waals surface area contributed by atoms with E-state index >= 15 is 0 Å². The highest BCUT2D eigenvalue weighted by molar-refractivity contribution is 7.17. The Morgan fingerprint density at radius 3 is 2.48 bits per heavy atom. The van der Waals surface area contributed by atoms with Crippen molar-refractivity contribution in [1.29, 1.82) is 0 Å². The van der Waals surface area contributed by atoms with Crippen LogP contribution in [0.25, 0.3) is 0 Å². The number of thiazole rings is 1. The van der Waals surface area contributed by atoms with Crippen molar-refractivity contribution in [2.75, 3.05) is 5.32 Å². The van der Waals surface area contributed by atoms with E-state index in [0.717, 1.165) is 16.9 Å². The third-order valence-corrected chi connectivity index (χ3v) is 3.95. The van der Waals surface area contributed by atoms with E-state index in [9.17, 15) is 14.7 Å². The minimum atomic E-state index is -1.01. The average molecular weight is 304 g/mol. The largest absolute Gasteiger partial charge is 0.477 e. The number of carbonyl (C=O) groups excluding carboxylic acids is 1. The van der Waals surface area contributed by atoms with Gasteiger partial charge in [-0.05, 0) is 25.3 Å². The first-order valence-electron chi connectivity index (χ1n) is 6.52. The highest BCUT2D eigenvalue weighted by Crippen LogP contribution is 2.24. The fourth-order valence-electron chi connectivity index (χ4n) is 1.91. The van der Waals surface area contributed by atoms with E-state index in [4.69, 9.17) is 0 Å². The van der Waals surface area contributed by atoms with E-state index in [1.54, 1.807) is 0 Å². The molecule has 6 heteroatoms. The maximum Gasteiger partial charge on any atom is 0.347 e. The molecule has 0 radical (unpaired) electrons. The summed E-state index contributed by atoms with van der Waals surface area (Å²) in [5.74, 6) is -1.27. The van der Waals surface area contributed by atoms with Gasteiger partial charge in [0.1, 0.15) is 4.88 Å². The lowest BCUT2D eigenvalue weighted by molar-refractivity contribution is -0.114. The number of hydrogen-bond acceptors (Lipinski definition) is 4. The Kier molecular flexibility index (Phi) is 4.70. The molecule has 0 atom stereocenters. The van der Waals surface area contributed by atoms with E-state index in [1.807, 2.05) is 31.2 Å². The van der Waals surface area contributed by atoms with Crippen LogP contribution in [0.2, 0.25) is 0 Å². The van der Waals surface area contributed by atoms with E-state index in [0.29, 0.717) is 23.7 Å². The molecule has 1 heterocycles. The third-order valence-electron chi connectivity index (χ3n) is 2.95. The molecule has 2 aromatic rings. The van der Waals surface area contributed by atoms with Crippen molar-refractivity contribution in [3.8, 4) is 0 Å². The Bertz CT molecular complexity index is 662. The van der Waals surface area contributed by atoms with Crippen LogP contribution in [0.4, 0.5) is 5.13 Å². The number of aromatic carboxylic acids is 1. The summed E-state index contributed by atoms with van der Waals surface area (Å²) in [6.45, 7) is 3.39. The molecule has 0 aliphatic rings. The fraction of sp³-hybridized carbons (Fsp3) is 0.267. The van der Waals surface area contributed by atoms with Crippen LogP contribution < -0.4 is 5.32 Å². The van der Waals surface area contributed by atoms with Crippen molar-refractivity contribution in [3.05, 3.63) is 46.0 Å². The summed E-state index contributed by atoms with van der Waals surface area (Å²) in [7, 11) is 0. The summed E-state index contributed by atoms with van der Waals surface area (Å²) in [6, 6.07) is 8.10. The molecule has 1 amide bonds. The molecular formula is C15H16N2O3S. The van der Waals surface area contributed by atoms with Gasteiger partial charge >= 0.3 is 5.97 Å². The van der Waals surface area contributed by atoms with E-state index < -0.39 is 5.97 Å². The SMILES string of the molecule is CC(=O)Nc1nc(CCc2ccc(C)cc2)c(C(=O)O)s1. The smallest absolute Gasteiger partial charge is 0.347 e. The number of rotatable bonds is 5. The fourth-order valence-corrected chi connectivity index (χ4v) is 2.81. The summed E-state index contributed by atoms with van der Waals surface area (Å²) in [6.07, 6.45) is 1.24. The van der Waals surface area contributed by atoms with Crippen LogP contribution in [-0.2, 0) is 17.6 Å². The number of hydrogen-bond donors (Lipinski definition) is 2. The van der Waals surface area contributed by atoms with Gasteiger partial charge in [-0.25, -0.2) is 9.78 Å². The van der Waals surface area contributed by atoms with Gasteiger partial charge in [0, 0.05) is 6.92 Å². The molecule has 0 fully saturated rings. The lowest BCUT2D eigenvalue weighted by atomic mass is 10.1. The number of benzene rings is 1. The van der Waals surface area contributed by atoms with Crippen LogP contribution in [0.3, 0.4) is 0 Å². The number of amides is 1. The number of aromatic nitrogens is 1. The summed E-state index contributed by atoms with van der Waals surface area (Å²) in [5, 5.41) is 12.1. The van der Waals surface area contributed by atoms with E-state index in [2.05, 4.69) is 10.3 Å². The molecule has 21 heavy (non-hydrogen) atoms. The lowest BCUT2D eigenvalue weighted by Gasteiger charge is -2.01. The predicted molar refractivity (Wildman–Crippen MR) is 82.0 cm³/mol. The molecule has 1 aromatic carbocycles. The number of carbonyl (C=O) groups is 2. The molecule has 0 saturated heterocycles. The Morgan fingerprint density at radius 1 is 1.24 bits per heavy atom. The van der Waals surface area contributed by atoms with Crippen molar-refractivity contribution in [3.63, 3.8) is 0 Å². The summed E-state index contributed by atoms with van der Waals surface area (Å²) < 4.78 is 0. The van der Waals surface area contributed by atoms with Crippen molar-refractivity contribution in [2.24, 2.45) is 0 Å². The Balaban J connectivity index is 2.14. The number of aryl methyl sites for hydroxylation is 3. The maximum absolute atomic E-state index is 11.2. The van der Waals surface area contributed by atoms with Crippen molar-refractivity contribution in [1.82, 2.24) is 4.98 Å². The number of carboxylic acid groups (broad SMARTS) is 1. The quantitative estimate of drug-likeness (QED) is 0.890. The topological polar surface area (TPSA) is 79.3 Å². The molecule has 0 saturated carbocycles. The number of nitrogens with one attached hydrogen (secondary N) is 1. The second kappa shape index (κ2) is 6.49. The Hall–Kier alpha value is -2.21. The van der Waals surface area contributed by atoms with Crippen LogP contribution in [0.1, 0.15) is 33.4 Å². The highest BCUT2D eigenvalue weighted by atomic mass is 32.1. The first kappa shape index (κ1) is 15.2. The normalized spacial score (nSPS) is 10.4. The van der Waals surface area contributed by atoms with Crippen LogP contribution in [0.5, 0.6) is 0 Å². The molecule has 0 bridgehead atoms. The van der Waals surface area contributed by atoms with Gasteiger partial charge in [-0.2, -0.15) is 0 Å². The van der Waals surface area contributed by atoms with Crippen molar-refractivity contribution < 1.29 is 14.7 Å². The molecular weight excluding hydrogens is 288 g/mol. The monoisotopic (exact) mass is 304 g/mol. The Morgan fingerprint density at radius 2 is 1.90 bits per heavy atom. The van der Waals surface area contributed by atoms with Crippen molar-refractivity contribution in [2.45, 2.75) is 26.7 Å². The first-order chi connectivity index (χ1) is 9.95. The highest BCUT2D eigenvalue weighted by Gasteiger charge is 2.17. The molecule has 0 aliphatic carbocycles. The van der Waals surface area contributed by atoms with Crippen LogP contribution in [-0.4, -0.2) is 22.0 Å². The molecule has 0 aliphatic heterocycles. The molecule has 1 aromatic heterocycles. The molecule has 110 valence electrons. The lowest BCUT2D eigenvalue weighted by Crippen LogP contribution is -2.05. The number of nitrogens with zero attached hydrogens (tertiary/aromatic N) is 1. The van der Waals surface area contributed by atoms with E-state index in [1.165, 1.54) is 12.5 Å². The van der Waals surface area contributed by atoms with Crippen LogP contribution in [0.15, 0.2) is 24.3 Å². The number of carboxylic acids is 1. The van der Waals surface area contributed by atoms with Gasteiger partial charge in [0.15, 0.2) is 5.13 Å². The maximum atomic E-state index is 11.2. The zero-order chi connectivity index (χ0) is 15.4. The standard InChI is InChI=1S/C15H16N2O3S/c1-9-3-5-11(6-4-9)7-8-12-13(14(19)20)21-15(17-12)16-10(2)18/h3-6H,7-8H2,1-2H3,(H,19,20)(H,16,17,18). The average Bonchev–Trinajstić information content (AvgIpc) is 2.80.